The fourth-order valence-corrected chi connectivity index (χ4v) is 1.98. The molecule has 1 unspecified atom stereocenters. The Kier molecular flexibility index (Phi) is 2.50. The Morgan fingerprint density at radius 1 is 1.80 bits per heavy atom. The third kappa shape index (κ3) is 1.60. The van der Waals surface area contributed by atoms with E-state index in [0.717, 1.165) is 9.35 Å². The number of terminal acetylenes is 1. The molecule has 1 rings (SSSR count). The minimum atomic E-state index is -0.253. The predicted octanol–water partition coefficient (Wildman–Crippen LogP) is 2.14. The molecule has 1 aromatic heterocycles. The maximum absolute atomic E-state index is 5.56. The normalized spacial score (nSPS) is 12.5. The topological polar surface area (TPSA) is 26.0 Å². The van der Waals surface area contributed by atoms with Crippen LogP contribution in [0.1, 0.15) is 10.9 Å². The van der Waals surface area contributed by atoms with E-state index in [4.69, 9.17) is 12.2 Å². The van der Waals surface area contributed by atoms with Crippen LogP contribution in [0.5, 0.6) is 0 Å². The molecule has 1 aromatic rings. The summed E-state index contributed by atoms with van der Waals surface area (Å²) in [4.78, 5) is 1.02. The number of halogens is 1. The van der Waals surface area contributed by atoms with Crippen LogP contribution >= 0.6 is 27.3 Å². The highest BCUT2D eigenvalue weighted by molar-refractivity contribution is 9.10. The van der Waals surface area contributed by atoms with Gasteiger partial charge in [0.05, 0.1) is 0 Å². The second kappa shape index (κ2) is 3.20. The van der Waals surface area contributed by atoms with Crippen molar-refractivity contribution in [3.8, 4) is 12.3 Å². The van der Waals surface area contributed by atoms with Crippen LogP contribution in [0.25, 0.3) is 0 Å². The van der Waals surface area contributed by atoms with E-state index in [9.17, 15) is 0 Å². The molecule has 0 spiro atoms. The first-order valence-electron chi connectivity index (χ1n) is 2.69. The summed E-state index contributed by atoms with van der Waals surface area (Å²) >= 11 is 4.88. The molecule has 2 N–H and O–H groups in total. The zero-order valence-electron chi connectivity index (χ0n) is 5.17. The number of hydrogen-bond acceptors (Lipinski definition) is 2. The predicted molar refractivity (Wildman–Crippen MR) is 47.8 cm³/mol. The number of rotatable bonds is 1. The first-order valence-corrected chi connectivity index (χ1v) is 4.37. The van der Waals surface area contributed by atoms with E-state index < -0.39 is 0 Å². The van der Waals surface area contributed by atoms with Gasteiger partial charge in [0.25, 0.3) is 0 Å². The molecule has 1 atom stereocenters. The Morgan fingerprint density at radius 2 is 2.50 bits per heavy atom. The summed E-state index contributed by atoms with van der Waals surface area (Å²) in [5.74, 6) is 2.46. The second-order valence-corrected chi connectivity index (χ2v) is 3.67. The van der Waals surface area contributed by atoms with Crippen LogP contribution in [0.2, 0.25) is 0 Å². The van der Waals surface area contributed by atoms with Gasteiger partial charge in [0.2, 0.25) is 0 Å². The number of thiophene rings is 1. The molecule has 3 heteroatoms. The summed E-state index contributed by atoms with van der Waals surface area (Å²) < 4.78 is 1.04. The third-order valence-electron chi connectivity index (χ3n) is 1.07. The molecule has 0 aromatic carbocycles. The molecule has 1 nitrogen and oxygen atoms in total. The van der Waals surface area contributed by atoms with E-state index in [1.807, 2.05) is 11.4 Å². The van der Waals surface area contributed by atoms with E-state index in [0.29, 0.717) is 0 Å². The monoisotopic (exact) mass is 215 g/mol. The molecule has 1 heterocycles. The first kappa shape index (κ1) is 7.80. The Hall–Kier alpha value is -0.300. The van der Waals surface area contributed by atoms with Crippen molar-refractivity contribution in [2.45, 2.75) is 6.04 Å². The van der Waals surface area contributed by atoms with Crippen LogP contribution in [0.4, 0.5) is 0 Å². The van der Waals surface area contributed by atoms with Crippen molar-refractivity contribution in [3.05, 3.63) is 20.8 Å². The highest BCUT2D eigenvalue weighted by Crippen LogP contribution is 2.23. The smallest absolute Gasteiger partial charge is 0.101 e. The van der Waals surface area contributed by atoms with Crippen molar-refractivity contribution >= 4 is 27.3 Å². The van der Waals surface area contributed by atoms with Crippen LogP contribution in [-0.2, 0) is 0 Å². The van der Waals surface area contributed by atoms with Gasteiger partial charge in [-0.3, -0.25) is 0 Å². The molecule has 0 saturated heterocycles. The van der Waals surface area contributed by atoms with Gasteiger partial charge < -0.3 is 5.73 Å². The zero-order chi connectivity index (χ0) is 7.56. The van der Waals surface area contributed by atoms with Gasteiger partial charge in [-0.25, -0.2) is 0 Å². The summed E-state index contributed by atoms with van der Waals surface area (Å²) in [6.07, 6.45) is 5.13. The van der Waals surface area contributed by atoms with Gasteiger partial charge in [-0.2, -0.15) is 0 Å². The van der Waals surface area contributed by atoms with Gasteiger partial charge in [-0.05, 0) is 22.0 Å². The molecule has 10 heavy (non-hydrogen) atoms. The molecule has 52 valence electrons. The molecule has 0 radical (unpaired) electrons. The molecular weight excluding hydrogens is 210 g/mol. The standard InChI is InChI=1S/C7H6BrNS/c1-2-6(9)7-3-5(8)4-10-7/h1,3-4,6H,9H2. The van der Waals surface area contributed by atoms with Gasteiger partial charge in [0.1, 0.15) is 6.04 Å². The van der Waals surface area contributed by atoms with Crippen molar-refractivity contribution in [1.29, 1.82) is 0 Å². The Labute approximate surface area is 72.4 Å². The maximum atomic E-state index is 5.56. The van der Waals surface area contributed by atoms with E-state index in [-0.39, 0.29) is 6.04 Å². The van der Waals surface area contributed by atoms with Crippen molar-refractivity contribution in [3.63, 3.8) is 0 Å². The lowest BCUT2D eigenvalue weighted by atomic mass is 10.3. The maximum Gasteiger partial charge on any atom is 0.101 e. The fraction of sp³-hybridized carbons (Fsp3) is 0.143. The van der Waals surface area contributed by atoms with Gasteiger partial charge >= 0.3 is 0 Å². The Bertz CT molecular complexity index is 261. The zero-order valence-corrected chi connectivity index (χ0v) is 7.58. The largest absolute Gasteiger partial charge is 0.313 e. The van der Waals surface area contributed by atoms with Crippen LogP contribution in [0.3, 0.4) is 0 Å². The quantitative estimate of drug-likeness (QED) is 0.715. The van der Waals surface area contributed by atoms with Crippen molar-refractivity contribution in [1.82, 2.24) is 0 Å². The summed E-state index contributed by atoms with van der Waals surface area (Å²) in [6, 6.07) is 1.69. The van der Waals surface area contributed by atoms with Gasteiger partial charge in [-0.15, -0.1) is 17.8 Å². The average Bonchev–Trinajstić information content (AvgIpc) is 2.34. The summed E-state index contributed by atoms with van der Waals surface area (Å²) in [5, 5.41) is 1.96. The van der Waals surface area contributed by atoms with Gasteiger partial charge in [0.15, 0.2) is 0 Å². The molecule has 0 amide bonds. The van der Waals surface area contributed by atoms with Crippen LogP contribution in [0.15, 0.2) is 15.9 Å². The van der Waals surface area contributed by atoms with E-state index >= 15 is 0 Å². The molecule has 0 aliphatic rings. The summed E-state index contributed by atoms with van der Waals surface area (Å²) in [6.45, 7) is 0. The van der Waals surface area contributed by atoms with Gasteiger partial charge in [0, 0.05) is 14.7 Å². The van der Waals surface area contributed by atoms with E-state index in [1.54, 1.807) is 11.3 Å². The molecular formula is C7H6BrNS. The minimum absolute atomic E-state index is 0.253. The molecule has 0 aliphatic heterocycles. The highest BCUT2D eigenvalue weighted by Gasteiger charge is 2.03. The van der Waals surface area contributed by atoms with Crippen molar-refractivity contribution < 1.29 is 0 Å². The Balaban J connectivity index is 2.87. The second-order valence-electron chi connectivity index (χ2n) is 1.81. The van der Waals surface area contributed by atoms with E-state index in [2.05, 4.69) is 21.9 Å². The van der Waals surface area contributed by atoms with Crippen LogP contribution in [0, 0.1) is 12.3 Å². The summed E-state index contributed by atoms with van der Waals surface area (Å²) in [5.41, 5.74) is 5.56. The average molecular weight is 216 g/mol. The van der Waals surface area contributed by atoms with Crippen LogP contribution in [-0.4, -0.2) is 0 Å². The highest BCUT2D eigenvalue weighted by atomic mass is 79.9. The van der Waals surface area contributed by atoms with Gasteiger partial charge in [-0.1, -0.05) is 5.92 Å². The SMILES string of the molecule is C#CC(N)c1cc(Br)cs1. The molecule has 0 bridgehead atoms. The fourth-order valence-electron chi connectivity index (χ4n) is 0.573. The lowest BCUT2D eigenvalue weighted by Crippen LogP contribution is -2.04. The lowest BCUT2D eigenvalue weighted by molar-refractivity contribution is 0.973. The van der Waals surface area contributed by atoms with E-state index in [1.165, 1.54) is 0 Å². The Morgan fingerprint density at radius 3 is 2.90 bits per heavy atom. The third-order valence-corrected chi connectivity index (χ3v) is 2.85. The van der Waals surface area contributed by atoms with Crippen molar-refractivity contribution in [2.75, 3.05) is 0 Å². The molecule has 0 fully saturated rings. The molecule has 0 aliphatic carbocycles. The number of nitrogens with two attached hydrogens (primary N) is 1. The summed E-state index contributed by atoms with van der Waals surface area (Å²) in [7, 11) is 0. The molecule has 0 saturated carbocycles. The van der Waals surface area contributed by atoms with Crippen molar-refractivity contribution in [2.24, 2.45) is 5.73 Å². The minimum Gasteiger partial charge on any atom is -0.313 e. The number of hydrogen-bond donors (Lipinski definition) is 1. The van der Waals surface area contributed by atoms with Crippen LogP contribution < -0.4 is 5.73 Å². The first-order chi connectivity index (χ1) is 4.74. The lowest BCUT2D eigenvalue weighted by Gasteiger charge is -1.96.